The quantitative estimate of drug-likeness (QED) is 0.486. The maximum atomic E-state index is 13.5. The third-order valence-corrected chi connectivity index (χ3v) is 6.68. The largest absolute Gasteiger partial charge is 0.322 e. The minimum atomic E-state index is -1.10. The van der Waals surface area contributed by atoms with Crippen LogP contribution in [0.1, 0.15) is 24.8 Å². The highest BCUT2D eigenvalue weighted by Crippen LogP contribution is 2.52. The van der Waals surface area contributed by atoms with Gasteiger partial charge in [-0.1, -0.05) is 47.5 Å². The predicted molar refractivity (Wildman–Crippen MR) is 131 cm³/mol. The zero-order valence-electron chi connectivity index (χ0n) is 17.2. The Bertz CT molecular complexity index is 1120. The van der Waals surface area contributed by atoms with Crippen LogP contribution in [-0.4, -0.2) is 17.2 Å². The number of anilines is 1. The third-order valence-electron chi connectivity index (χ3n) is 5.24. The van der Waals surface area contributed by atoms with Crippen molar-refractivity contribution < 1.29 is 4.79 Å². The summed E-state index contributed by atoms with van der Waals surface area (Å²) in [6, 6.07) is 16.6. The highest BCUT2D eigenvalue weighted by molar-refractivity contribution is 8.13. The Hall–Kier alpha value is -2.52. The van der Waals surface area contributed by atoms with E-state index in [9.17, 15) is 10.1 Å². The lowest BCUT2D eigenvalue weighted by molar-refractivity contribution is -0.113. The standard InChI is InChI=1S/C24H21Cl2N3OS/c1-4-13-24(14-27)21(18-7-5-6-8-19(18)26)20(15(2)28-23(24)31-3)22(30)29-17-11-9-16(25)10-12-17/h4-12,21H,1,13H2,2-3H3,(H,29,30). The molecule has 0 bridgehead atoms. The summed E-state index contributed by atoms with van der Waals surface area (Å²) in [5.41, 5.74) is 1.16. The second-order valence-corrected chi connectivity index (χ2v) is 8.75. The summed E-state index contributed by atoms with van der Waals surface area (Å²) in [4.78, 5) is 18.2. The van der Waals surface area contributed by atoms with Crippen molar-refractivity contribution in [2.75, 3.05) is 11.6 Å². The second-order valence-electron chi connectivity index (χ2n) is 7.11. The van der Waals surface area contributed by atoms with Gasteiger partial charge in [0.1, 0.15) is 5.41 Å². The minimum absolute atomic E-state index is 0.323. The Kier molecular flexibility index (Phi) is 7.27. The molecule has 2 aromatic rings. The molecule has 0 radical (unpaired) electrons. The number of halogens is 2. The maximum absolute atomic E-state index is 13.5. The first-order valence-electron chi connectivity index (χ1n) is 9.55. The fraction of sp³-hybridized carbons (Fsp3) is 0.208. The fourth-order valence-corrected chi connectivity index (χ4v) is 5.08. The summed E-state index contributed by atoms with van der Waals surface area (Å²) in [5, 5.41) is 15.0. The molecule has 0 aliphatic carbocycles. The lowest BCUT2D eigenvalue weighted by Crippen LogP contribution is -2.41. The number of nitriles is 1. The van der Waals surface area contributed by atoms with Gasteiger partial charge in [0.05, 0.1) is 11.1 Å². The normalized spacial score (nSPS) is 20.6. The van der Waals surface area contributed by atoms with E-state index in [2.05, 4.69) is 23.0 Å². The van der Waals surface area contributed by atoms with Crippen molar-refractivity contribution in [1.82, 2.24) is 0 Å². The van der Waals surface area contributed by atoms with E-state index in [4.69, 9.17) is 23.2 Å². The number of rotatable bonds is 5. The van der Waals surface area contributed by atoms with Crippen LogP contribution in [0.2, 0.25) is 10.0 Å². The third kappa shape index (κ3) is 4.43. The summed E-state index contributed by atoms with van der Waals surface area (Å²) < 4.78 is 0. The molecule has 1 heterocycles. The van der Waals surface area contributed by atoms with E-state index in [-0.39, 0.29) is 5.91 Å². The molecule has 1 aliphatic rings. The maximum Gasteiger partial charge on any atom is 0.254 e. The van der Waals surface area contributed by atoms with Gasteiger partial charge in [0, 0.05) is 32.9 Å². The number of hydrogen-bond donors (Lipinski definition) is 1. The molecule has 31 heavy (non-hydrogen) atoms. The molecule has 0 saturated carbocycles. The van der Waals surface area contributed by atoms with Crippen LogP contribution in [0.4, 0.5) is 5.69 Å². The van der Waals surface area contributed by atoms with E-state index in [0.29, 0.717) is 44.0 Å². The molecule has 4 nitrogen and oxygen atoms in total. The van der Waals surface area contributed by atoms with Gasteiger partial charge in [-0.05, 0) is 55.5 Å². The van der Waals surface area contributed by atoms with Crippen molar-refractivity contribution in [3.63, 3.8) is 0 Å². The van der Waals surface area contributed by atoms with Crippen LogP contribution in [-0.2, 0) is 4.79 Å². The Labute approximate surface area is 196 Å². The number of carbonyl (C=O) groups excluding carboxylic acids is 1. The molecule has 2 unspecified atom stereocenters. The van der Waals surface area contributed by atoms with E-state index < -0.39 is 11.3 Å². The van der Waals surface area contributed by atoms with Crippen molar-refractivity contribution in [1.29, 1.82) is 5.26 Å². The highest BCUT2D eigenvalue weighted by Gasteiger charge is 2.50. The van der Waals surface area contributed by atoms with Crippen molar-refractivity contribution in [3.8, 4) is 6.07 Å². The molecule has 2 aromatic carbocycles. The Morgan fingerprint density at radius 3 is 2.55 bits per heavy atom. The van der Waals surface area contributed by atoms with Crippen LogP contribution < -0.4 is 5.32 Å². The van der Waals surface area contributed by atoms with Gasteiger partial charge in [0.2, 0.25) is 0 Å². The van der Waals surface area contributed by atoms with Gasteiger partial charge in [-0.3, -0.25) is 4.79 Å². The van der Waals surface area contributed by atoms with Crippen molar-refractivity contribution in [2.45, 2.75) is 19.3 Å². The summed E-state index contributed by atoms with van der Waals surface area (Å²) in [5.74, 6) is -0.950. The fourth-order valence-electron chi connectivity index (χ4n) is 3.87. The Morgan fingerprint density at radius 1 is 1.29 bits per heavy atom. The van der Waals surface area contributed by atoms with Crippen LogP contribution in [0.3, 0.4) is 0 Å². The predicted octanol–water partition coefficient (Wildman–Crippen LogP) is 6.85. The molecule has 158 valence electrons. The lowest BCUT2D eigenvalue weighted by Gasteiger charge is -2.40. The number of benzene rings is 2. The van der Waals surface area contributed by atoms with Gasteiger partial charge in [-0.2, -0.15) is 5.26 Å². The summed E-state index contributed by atoms with van der Waals surface area (Å²) in [6.07, 6.45) is 3.89. The summed E-state index contributed by atoms with van der Waals surface area (Å²) in [7, 11) is 0. The van der Waals surface area contributed by atoms with Gasteiger partial charge < -0.3 is 5.32 Å². The van der Waals surface area contributed by atoms with Crippen LogP contribution >= 0.6 is 35.0 Å². The molecule has 2 atom stereocenters. The summed E-state index contributed by atoms with van der Waals surface area (Å²) >= 11 is 13.9. The molecule has 1 amide bonds. The zero-order chi connectivity index (χ0) is 22.6. The van der Waals surface area contributed by atoms with E-state index >= 15 is 0 Å². The van der Waals surface area contributed by atoms with Crippen molar-refractivity contribution >= 4 is 51.6 Å². The van der Waals surface area contributed by atoms with Gasteiger partial charge in [-0.25, -0.2) is 4.99 Å². The topological polar surface area (TPSA) is 65.2 Å². The monoisotopic (exact) mass is 469 g/mol. The first-order chi connectivity index (χ1) is 14.9. The first kappa shape index (κ1) is 23.1. The average Bonchev–Trinajstić information content (AvgIpc) is 2.76. The van der Waals surface area contributed by atoms with Crippen LogP contribution in [0.5, 0.6) is 0 Å². The molecule has 7 heteroatoms. The van der Waals surface area contributed by atoms with E-state index in [0.717, 1.165) is 0 Å². The number of aliphatic imine (C=N–C) groups is 1. The molecular weight excluding hydrogens is 449 g/mol. The van der Waals surface area contributed by atoms with Crippen molar-refractivity contribution in [2.24, 2.45) is 10.4 Å². The first-order valence-corrected chi connectivity index (χ1v) is 11.5. The van der Waals surface area contributed by atoms with Crippen LogP contribution in [0.25, 0.3) is 0 Å². The molecule has 1 aliphatic heterocycles. The van der Waals surface area contributed by atoms with Crippen LogP contribution in [0.15, 0.2) is 77.4 Å². The second kappa shape index (κ2) is 9.74. The van der Waals surface area contributed by atoms with Gasteiger partial charge in [-0.15, -0.1) is 18.3 Å². The molecule has 0 spiro atoms. The number of nitrogens with one attached hydrogen (secondary N) is 1. The highest BCUT2D eigenvalue weighted by atomic mass is 35.5. The minimum Gasteiger partial charge on any atom is -0.322 e. The molecule has 1 N–H and O–H groups in total. The lowest BCUT2D eigenvalue weighted by atomic mass is 9.66. The molecule has 0 fully saturated rings. The Morgan fingerprint density at radius 2 is 1.97 bits per heavy atom. The average molecular weight is 470 g/mol. The molecule has 0 saturated heterocycles. The number of carbonyl (C=O) groups is 1. The van der Waals surface area contributed by atoms with Gasteiger partial charge in [0.15, 0.2) is 0 Å². The molecular formula is C24H21Cl2N3OS. The van der Waals surface area contributed by atoms with Gasteiger partial charge in [0.25, 0.3) is 5.91 Å². The van der Waals surface area contributed by atoms with Crippen LogP contribution in [0, 0.1) is 16.7 Å². The summed E-state index contributed by atoms with van der Waals surface area (Å²) in [6.45, 7) is 5.64. The Balaban J connectivity index is 2.22. The number of allylic oxidation sites excluding steroid dienone is 2. The molecule has 0 aromatic heterocycles. The zero-order valence-corrected chi connectivity index (χ0v) is 19.5. The van der Waals surface area contributed by atoms with E-state index in [1.54, 1.807) is 43.3 Å². The van der Waals surface area contributed by atoms with Gasteiger partial charge >= 0.3 is 0 Å². The number of amides is 1. The number of hydrogen-bond acceptors (Lipinski definition) is 4. The van der Waals surface area contributed by atoms with Crippen molar-refractivity contribution in [3.05, 3.63) is 88.1 Å². The SMILES string of the molecule is C=CCC1(C#N)C(SC)=NC(C)=C(C(=O)Nc2ccc(Cl)cc2)C1c1ccccc1Cl. The van der Waals surface area contributed by atoms with E-state index in [1.807, 2.05) is 24.5 Å². The van der Waals surface area contributed by atoms with E-state index in [1.165, 1.54) is 11.8 Å². The number of thioether (sulfide) groups is 1. The number of nitrogens with zero attached hydrogens (tertiary/aromatic N) is 2. The smallest absolute Gasteiger partial charge is 0.254 e. The molecule has 3 rings (SSSR count).